The maximum atomic E-state index is 14.2. The lowest BCUT2D eigenvalue weighted by Crippen LogP contribution is -2.37. The van der Waals surface area contributed by atoms with Crippen LogP contribution in [0.25, 0.3) is 0 Å². The van der Waals surface area contributed by atoms with Gasteiger partial charge in [-0.1, -0.05) is 0 Å². The van der Waals surface area contributed by atoms with E-state index in [-0.39, 0.29) is 18.5 Å². The molecule has 1 aliphatic heterocycles. The van der Waals surface area contributed by atoms with E-state index in [2.05, 4.69) is 10.3 Å². The summed E-state index contributed by atoms with van der Waals surface area (Å²) < 4.78 is 19.4. The second-order valence-corrected chi connectivity index (χ2v) is 4.79. The van der Waals surface area contributed by atoms with Crippen molar-refractivity contribution in [2.45, 2.75) is 19.9 Å². The Hall–Kier alpha value is -1.40. The van der Waals surface area contributed by atoms with Crippen molar-refractivity contribution in [1.29, 1.82) is 0 Å². The monoisotopic (exact) mass is 269 g/mol. The van der Waals surface area contributed by atoms with E-state index in [1.165, 1.54) is 0 Å². The van der Waals surface area contributed by atoms with Gasteiger partial charge in [0, 0.05) is 19.1 Å². The van der Waals surface area contributed by atoms with E-state index in [4.69, 9.17) is 9.84 Å². The summed E-state index contributed by atoms with van der Waals surface area (Å²) in [5.41, 5.74) is 0.545. The molecule has 19 heavy (non-hydrogen) atoms. The van der Waals surface area contributed by atoms with Gasteiger partial charge in [0.15, 0.2) is 11.6 Å². The summed E-state index contributed by atoms with van der Waals surface area (Å²) >= 11 is 0. The van der Waals surface area contributed by atoms with Gasteiger partial charge in [0.25, 0.3) is 0 Å². The smallest absolute Gasteiger partial charge is 0.168 e. The second-order valence-electron chi connectivity index (χ2n) is 4.79. The molecule has 2 N–H and O–H groups in total. The fourth-order valence-electron chi connectivity index (χ4n) is 2.00. The number of aryl methyl sites for hydroxylation is 1. The highest BCUT2D eigenvalue weighted by atomic mass is 19.1. The Morgan fingerprint density at radius 1 is 1.53 bits per heavy atom. The molecule has 2 heterocycles. The first-order valence-corrected chi connectivity index (χ1v) is 6.49. The van der Waals surface area contributed by atoms with Gasteiger partial charge in [0.05, 0.1) is 19.8 Å². The molecule has 6 heteroatoms. The van der Waals surface area contributed by atoms with Crippen molar-refractivity contribution in [1.82, 2.24) is 4.98 Å². The van der Waals surface area contributed by atoms with E-state index >= 15 is 0 Å². The van der Waals surface area contributed by atoms with Crippen molar-refractivity contribution < 1.29 is 14.2 Å². The zero-order chi connectivity index (χ0) is 13.8. The molecule has 0 bridgehead atoms. The summed E-state index contributed by atoms with van der Waals surface area (Å²) in [6.45, 7) is 6.02. The molecule has 0 aromatic carbocycles. The molecule has 1 aromatic heterocycles. The molecular formula is C13H20FN3O2. The van der Waals surface area contributed by atoms with Gasteiger partial charge in [0.2, 0.25) is 0 Å². The van der Waals surface area contributed by atoms with Crippen LogP contribution >= 0.6 is 0 Å². The van der Waals surface area contributed by atoms with Crippen LogP contribution in [0.5, 0.6) is 0 Å². The Labute approximate surface area is 112 Å². The van der Waals surface area contributed by atoms with E-state index in [1.54, 1.807) is 13.0 Å². The quantitative estimate of drug-likeness (QED) is 0.859. The number of nitrogens with zero attached hydrogens (tertiary/aromatic N) is 2. The van der Waals surface area contributed by atoms with Crippen molar-refractivity contribution in [2.24, 2.45) is 0 Å². The topological polar surface area (TPSA) is 57.6 Å². The van der Waals surface area contributed by atoms with Crippen LogP contribution in [0.4, 0.5) is 16.0 Å². The van der Waals surface area contributed by atoms with Gasteiger partial charge in [-0.25, -0.2) is 9.37 Å². The van der Waals surface area contributed by atoms with Crippen molar-refractivity contribution in [3.63, 3.8) is 0 Å². The zero-order valence-electron chi connectivity index (χ0n) is 11.3. The van der Waals surface area contributed by atoms with Crippen molar-refractivity contribution in [3.05, 3.63) is 17.4 Å². The SMILES string of the molecule is Cc1cc(N[C@H](C)CO)nc(N2CCOCC2)c1F. The molecule has 0 spiro atoms. The molecule has 1 aliphatic rings. The molecule has 1 saturated heterocycles. The van der Waals surface area contributed by atoms with E-state index in [1.807, 2.05) is 11.8 Å². The maximum absolute atomic E-state index is 14.2. The number of halogens is 1. The van der Waals surface area contributed by atoms with Gasteiger partial charge in [0.1, 0.15) is 5.82 Å². The van der Waals surface area contributed by atoms with Crippen LogP contribution in [0.3, 0.4) is 0 Å². The Balaban J connectivity index is 2.25. The van der Waals surface area contributed by atoms with Gasteiger partial charge < -0.3 is 20.1 Å². The average Bonchev–Trinajstić information content (AvgIpc) is 2.43. The fraction of sp³-hybridized carbons (Fsp3) is 0.615. The van der Waals surface area contributed by atoms with E-state index < -0.39 is 0 Å². The number of aliphatic hydroxyl groups excluding tert-OH is 1. The van der Waals surface area contributed by atoms with Crippen LogP contribution in [0.1, 0.15) is 12.5 Å². The molecule has 0 saturated carbocycles. The van der Waals surface area contributed by atoms with Crippen LogP contribution in [0, 0.1) is 12.7 Å². The number of nitrogens with one attached hydrogen (secondary N) is 1. The lowest BCUT2D eigenvalue weighted by Gasteiger charge is -2.29. The lowest BCUT2D eigenvalue weighted by molar-refractivity contribution is 0.122. The third kappa shape index (κ3) is 3.33. The summed E-state index contributed by atoms with van der Waals surface area (Å²) in [5, 5.41) is 12.1. The highest BCUT2D eigenvalue weighted by Crippen LogP contribution is 2.24. The largest absolute Gasteiger partial charge is 0.394 e. The minimum absolute atomic E-state index is 0.00495. The standard InChI is InChI=1S/C13H20FN3O2/c1-9-7-11(15-10(2)8-18)16-13(12(9)14)17-3-5-19-6-4-17/h7,10,18H,3-6,8H2,1-2H3,(H,15,16)/t10-/m1/s1. The number of ether oxygens (including phenoxy) is 1. The predicted molar refractivity (Wildman–Crippen MR) is 72.1 cm³/mol. The lowest BCUT2D eigenvalue weighted by atomic mass is 10.2. The van der Waals surface area contributed by atoms with Gasteiger partial charge in [-0.2, -0.15) is 0 Å². The minimum atomic E-state index is -0.288. The highest BCUT2D eigenvalue weighted by molar-refractivity contribution is 5.52. The molecule has 0 aliphatic carbocycles. The molecule has 0 radical (unpaired) electrons. The van der Waals surface area contributed by atoms with Crippen LogP contribution in [-0.2, 0) is 4.74 Å². The summed E-state index contributed by atoms with van der Waals surface area (Å²) in [6.07, 6.45) is 0. The highest BCUT2D eigenvalue weighted by Gasteiger charge is 2.19. The number of hydrogen-bond acceptors (Lipinski definition) is 5. The molecule has 5 nitrogen and oxygen atoms in total. The summed E-state index contributed by atoms with van der Waals surface area (Å²) in [7, 11) is 0. The Morgan fingerprint density at radius 2 is 2.21 bits per heavy atom. The Bertz CT molecular complexity index is 436. The van der Waals surface area contributed by atoms with Gasteiger partial charge in [-0.3, -0.25) is 0 Å². The molecule has 0 unspecified atom stereocenters. The molecule has 2 rings (SSSR count). The average molecular weight is 269 g/mol. The normalized spacial score (nSPS) is 17.4. The molecule has 106 valence electrons. The third-order valence-electron chi connectivity index (χ3n) is 3.10. The van der Waals surface area contributed by atoms with Crippen molar-refractivity contribution in [2.75, 3.05) is 43.1 Å². The minimum Gasteiger partial charge on any atom is -0.394 e. The van der Waals surface area contributed by atoms with Crippen molar-refractivity contribution >= 4 is 11.6 Å². The summed E-state index contributed by atoms with van der Waals surface area (Å²) in [5.74, 6) is 0.655. The third-order valence-corrected chi connectivity index (χ3v) is 3.10. The van der Waals surface area contributed by atoms with Crippen LogP contribution in [0.2, 0.25) is 0 Å². The summed E-state index contributed by atoms with van der Waals surface area (Å²) in [4.78, 5) is 6.21. The first-order valence-electron chi connectivity index (χ1n) is 6.49. The number of rotatable bonds is 4. The van der Waals surface area contributed by atoms with Crippen molar-refractivity contribution in [3.8, 4) is 0 Å². The number of aliphatic hydroxyl groups is 1. The molecule has 0 amide bonds. The zero-order valence-corrected chi connectivity index (χ0v) is 11.3. The fourth-order valence-corrected chi connectivity index (χ4v) is 2.00. The van der Waals surface area contributed by atoms with Crippen LogP contribution < -0.4 is 10.2 Å². The maximum Gasteiger partial charge on any atom is 0.168 e. The van der Waals surface area contributed by atoms with E-state index in [0.717, 1.165) is 0 Å². The van der Waals surface area contributed by atoms with E-state index in [0.29, 0.717) is 43.5 Å². The first-order chi connectivity index (χ1) is 9.11. The molecule has 1 aromatic rings. The Kier molecular flexibility index (Phi) is 4.55. The van der Waals surface area contributed by atoms with E-state index in [9.17, 15) is 4.39 Å². The first kappa shape index (κ1) is 14.0. The van der Waals surface area contributed by atoms with Crippen LogP contribution in [-0.4, -0.2) is 49.0 Å². The Morgan fingerprint density at radius 3 is 2.84 bits per heavy atom. The van der Waals surface area contributed by atoms with Crippen LogP contribution in [0.15, 0.2) is 6.07 Å². The number of aromatic nitrogens is 1. The molecule has 1 fully saturated rings. The number of hydrogen-bond donors (Lipinski definition) is 2. The number of pyridine rings is 1. The molecule has 1 atom stereocenters. The number of morpholine rings is 1. The predicted octanol–water partition coefficient (Wildman–Crippen LogP) is 1.16. The second kappa shape index (κ2) is 6.16. The molecular weight excluding hydrogens is 249 g/mol. The van der Waals surface area contributed by atoms with Gasteiger partial charge in [-0.15, -0.1) is 0 Å². The number of anilines is 2. The van der Waals surface area contributed by atoms with Gasteiger partial charge >= 0.3 is 0 Å². The van der Waals surface area contributed by atoms with Gasteiger partial charge in [-0.05, 0) is 25.5 Å². The summed E-state index contributed by atoms with van der Waals surface area (Å²) in [6, 6.07) is 1.54.